The second kappa shape index (κ2) is 5.74. The highest BCUT2D eigenvalue weighted by molar-refractivity contribution is 5.82. The minimum atomic E-state index is -1.05. The second-order valence-corrected chi connectivity index (χ2v) is 3.16. The highest BCUT2D eigenvalue weighted by Crippen LogP contribution is 1.91. The van der Waals surface area contributed by atoms with Crippen LogP contribution in [0.4, 0.5) is 4.79 Å². The highest BCUT2D eigenvalue weighted by Gasteiger charge is 2.16. The molecule has 0 aliphatic rings. The third kappa shape index (κ3) is 3.60. The van der Waals surface area contributed by atoms with Gasteiger partial charge in [-0.2, -0.15) is 0 Å². The van der Waals surface area contributed by atoms with Crippen molar-refractivity contribution in [3.63, 3.8) is 0 Å². The van der Waals surface area contributed by atoms with Gasteiger partial charge in [-0.25, -0.2) is 14.6 Å². The van der Waals surface area contributed by atoms with Gasteiger partial charge in [-0.15, -0.1) is 0 Å². The summed E-state index contributed by atoms with van der Waals surface area (Å²) in [5, 5.41) is 13.5. The van der Waals surface area contributed by atoms with Crippen molar-refractivity contribution in [1.82, 2.24) is 20.6 Å². The molecule has 0 aliphatic heterocycles. The van der Waals surface area contributed by atoms with Crippen molar-refractivity contribution in [3.8, 4) is 0 Å². The molecule has 16 heavy (non-hydrogen) atoms. The number of aliphatic carboxylic acids is 1. The summed E-state index contributed by atoms with van der Waals surface area (Å²) in [6, 6.07) is -1.39. The van der Waals surface area contributed by atoms with Crippen LogP contribution in [0.15, 0.2) is 12.4 Å². The lowest BCUT2D eigenvalue weighted by Gasteiger charge is -2.12. The molecule has 0 fully saturated rings. The van der Waals surface area contributed by atoms with Crippen molar-refractivity contribution in [2.75, 3.05) is 0 Å². The fraction of sp³-hybridized carbons (Fsp3) is 0.444. The normalized spacial score (nSPS) is 11.8. The molecular weight excluding hydrogens is 212 g/mol. The lowest BCUT2D eigenvalue weighted by molar-refractivity contribution is -0.139. The smallest absolute Gasteiger partial charge is 0.326 e. The molecule has 0 aliphatic carbocycles. The molecule has 1 aromatic rings. The van der Waals surface area contributed by atoms with E-state index < -0.39 is 18.0 Å². The van der Waals surface area contributed by atoms with Gasteiger partial charge in [-0.05, 0) is 6.42 Å². The van der Waals surface area contributed by atoms with Crippen LogP contribution in [-0.2, 0) is 11.3 Å². The number of aromatic amines is 1. The van der Waals surface area contributed by atoms with Crippen LogP contribution in [0.5, 0.6) is 0 Å². The number of carbonyl (C=O) groups is 2. The van der Waals surface area contributed by atoms with E-state index >= 15 is 0 Å². The Balaban J connectivity index is 2.33. The molecule has 0 spiro atoms. The minimum Gasteiger partial charge on any atom is -0.480 e. The number of amides is 2. The topological polar surface area (TPSA) is 107 Å². The third-order valence-corrected chi connectivity index (χ3v) is 1.98. The zero-order valence-electron chi connectivity index (χ0n) is 8.86. The number of imidazole rings is 1. The summed E-state index contributed by atoms with van der Waals surface area (Å²) >= 11 is 0. The van der Waals surface area contributed by atoms with E-state index in [-0.39, 0.29) is 6.54 Å². The van der Waals surface area contributed by atoms with Crippen LogP contribution in [0.1, 0.15) is 19.2 Å². The van der Waals surface area contributed by atoms with Gasteiger partial charge in [0.1, 0.15) is 11.9 Å². The highest BCUT2D eigenvalue weighted by atomic mass is 16.4. The van der Waals surface area contributed by atoms with E-state index in [1.807, 2.05) is 0 Å². The summed E-state index contributed by atoms with van der Waals surface area (Å²) in [5.41, 5.74) is 0. The van der Waals surface area contributed by atoms with Crippen LogP contribution in [0.2, 0.25) is 0 Å². The zero-order valence-corrected chi connectivity index (χ0v) is 8.86. The van der Waals surface area contributed by atoms with Crippen molar-refractivity contribution in [3.05, 3.63) is 18.2 Å². The van der Waals surface area contributed by atoms with Crippen LogP contribution in [0.3, 0.4) is 0 Å². The first-order valence-electron chi connectivity index (χ1n) is 4.89. The molecule has 0 radical (unpaired) electrons. The van der Waals surface area contributed by atoms with Gasteiger partial charge >= 0.3 is 12.0 Å². The molecule has 2 amide bonds. The number of rotatable bonds is 5. The summed E-state index contributed by atoms with van der Waals surface area (Å²) in [7, 11) is 0. The first-order chi connectivity index (χ1) is 7.63. The van der Waals surface area contributed by atoms with Gasteiger partial charge in [0, 0.05) is 12.4 Å². The molecule has 0 bridgehead atoms. The number of carboxylic acid groups (broad SMARTS) is 1. The Morgan fingerprint density at radius 3 is 2.88 bits per heavy atom. The zero-order chi connectivity index (χ0) is 12.0. The molecule has 0 saturated heterocycles. The van der Waals surface area contributed by atoms with Crippen LogP contribution in [-0.4, -0.2) is 33.1 Å². The van der Waals surface area contributed by atoms with Gasteiger partial charge in [-0.3, -0.25) is 0 Å². The molecule has 0 unspecified atom stereocenters. The monoisotopic (exact) mass is 226 g/mol. The molecule has 1 heterocycles. The first kappa shape index (κ1) is 12.0. The maximum absolute atomic E-state index is 11.3. The van der Waals surface area contributed by atoms with Gasteiger partial charge in [0.05, 0.1) is 6.54 Å². The largest absolute Gasteiger partial charge is 0.480 e. The fourth-order valence-electron chi connectivity index (χ4n) is 1.11. The lowest BCUT2D eigenvalue weighted by Crippen LogP contribution is -2.45. The van der Waals surface area contributed by atoms with Crippen LogP contribution < -0.4 is 10.6 Å². The van der Waals surface area contributed by atoms with Gasteiger partial charge in [0.25, 0.3) is 0 Å². The third-order valence-electron chi connectivity index (χ3n) is 1.98. The molecule has 1 atom stereocenters. The van der Waals surface area contributed by atoms with Gasteiger partial charge < -0.3 is 20.7 Å². The Labute approximate surface area is 92.3 Å². The fourth-order valence-corrected chi connectivity index (χ4v) is 1.11. The summed E-state index contributed by atoms with van der Waals surface area (Å²) in [6.07, 6.45) is 3.55. The Morgan fingerprint density at radius 1 is 1.62 bits per heavy atom. The van der Waals surface area contributed by atoms with E-state index in [2.05, 4.69) is 20.6 Å². The Bertz CT molecular complexity index is 350. The van der Waals surface area contributed by atoms with E-state index in [1.165, 1.54) is 0 Å². The van der Waals surface area contributed by atoms with Crippen molar-refractivity contribution in [2.45, 2.75) is 25.9 Å². The SMILES string of the molecule is CC[C@@H](NC(=O)NCc1ncc[nH]1)C(=O)O. The molecule has 0 saturated carbocycles. The summed E-state index contributed by atoms with van der Waals surface area (Å²) in [5.74, 6) is -0.436. The van der Waals surface area contributed by atoms with Crippen LogP contribution >= 0.6 is 0 Å². The summed E-state index contributed by atoms with van der Waals surface area (Å²) in [6.45, 7) is 1.92. The van der Waals surface area contributed by atoms with Crippen molar-refractivity contribution < 1.29 is 14.7 Å². The minimum absolute atomic E-state index is 0.231. The molecule has 0 aromatic carbocycles. The Morgan fingerprint density at radius 2 is 2.38 bits per heavy atom. The maximum atomic E-state index is 11.3. The van der Waals surface area contributed by atoms with E-state index in [0.717, 1.165) is 0 Å². The predicted molar refractivity (Wildman–Crippen MR) is 55.7 cm³/mol. The number of aromatic nitrogens is 2. The molecule has 1 rings (SSSR count). The summed E-state index contributed by atoms with van der Waals surface area (Å²) in [4.78, 5) is 28.6. The van der Waals surface area contributed by atoms with E-state index in [0.29, 0.717) is 12.2 Å². The molecular formula is C9H14N4O3. The average Bonchev–Trinajstić information content (AvgIpc) is 2.75. The number of urea groups is 1. The standard InChI is InChI=1S/C9H14N4O3/c1-2-6(8(14)15)13-9(16)12-5-7-10-3-4-11-7/h3-4,6H,2,5H2,1H3,(H,10,11)(H,14,15)(H2,12,13,16)/t6-/m1/s1. The maximum Gasteiger partial charge on any atom is 0.326 e. The lowest BCUT2D eigenvalue weighted by atomic mass is 10.2. The number of hydrogen-bond acceptors (Lipinski definition) is 3. The van der Waals surface area contributed by atoms with Gasteiger partial charge in [0.2, 0.25) is 0 Å². The molecule has 7 heteroatoms. The predicted octanol–water partition coefficient (Wildman–Crippen LogP) is 0.0721. The number of carboxylic acids is 1. The quantitative estimate of drug-likeness (QED) is 0.570. The molecule has 4 N–H and O–H groups in total. The van der Waals surface area contributed by atoms with Crippen LogP contribution in [0, 0.1) is 0 Å². The van der Waals surface area contributed by atoms with E-state index in [1.54, 1.807) is 19.3 Å². The number of nitrogens with one attached hydrogen (secondary N) is 3. The first-order valence-corrected chi connectivity index (χ1v) is 4.89. The van der Waals surface area contributed by atoms with Crippen molar-refractivity contribution in [2.24, 2.45) is 0 Å². The number of nitrogens with zero attached hydrogens (tertiary/aromatic N) is 1. The van der Waals surface area contributed by atoms with Crippen molar-refractivity contribution in [1.29, 1.82) is 0 Å². The van der Waals surface area contributed by atoms with Crippen LogP contribution in [0.25, 0.3) is 0 Å². The second-order valence-electron chi connectivity index (χ2n) is 3.16. The Hall–Kier alpha value is -2.05. The molecule has 88 valence electrons. The number of hydrogen-bond donors (Lipinski definition) is 4. The van der Waals surface area contributed by atoms with E-state index in [4.69, 9.17) is 5.11 Å². The molecule has 1 aromatic heterocycles. The van der Waals surface area contributed by atoms with Crippen molar-refractivity contribution >= 4 is 12.0 Å². The Kier molecular flexibility index (Phi) is 4.31. The van der Waals surface area contributed by atoms with Gasteiger partial charge in [0.15, 0.2) is 0 Å². The number of carbonyl (C=O) groups excluding carboxylic acids is 1. The molecule has 7 nitrogen and oxygen atoms in total. The summed E-state index contributed by atoms with van der Waals surface area (Å²) < 4.78 is 0. The number of H-pyrrole nitrogens is 1. The van der Waals surface area contributed by atoms with E-state index in [9.17, 15) is 9.59 Å². The van der Waals surface area contributed by atoms with Gasteiger partial charge in [-0.1, -0.05) is 6.92 Å². The average molecular weight is 226 g/mol.